The zero-order chi connectivity index (χ0) is 23.5. The summed E-state index contributed by atoms with van der Waals surface area (Å²) >= 11 is 0. The van der Waals surface area contributed by atoms with Crippen LogP contribution >= 0.6 is 0 Å². The van der Waals surface area contributed by atoms with Crippen LogP contribution in [-0.2, 0) is 14.9 Å². The molecule has 2 fully saturated rings. The normalized spacial score (nSPS) is 19.7. The van der Waals surface area contributed by atoms with E-state index in [9.17, 15) is 4.79 Å². The molecule has 34 heavy (non-hydrogen) atoms. The minimum atomic E-state index is -0.546. The number of carbonyl (C=O) groups excluding carboxylic acids is 1. The second kappa shape index (κ2) is 9.55. The number of carbonyl (C=O) groups is 1. The van der Waals surface area contributed by atoms with E-state index in [0.29, 0.717) is 31.9 Å². The number of ether oxygens (including phenoxy) is 2. The summed E-state index contributed by atoms with van der Waals surface area (Å²) in [5.41, 5.74) is 3.53. The molecule has 3 aromatic rings. The molecule has 1 amide bonds. The van der Waals surface area contributed by atoms with Crippen molar-refractivity contribution < 1.29 is 14.3 Å². The summed E-state index contributed by atoms with van der Waals surface area (Å²) in [4.78, 5) is 25.7. The molecule has 0 saturated carbocycles. The highest BCUT2D eigenvalue weighted by atomic mass is 16.5. The van der Waals surface area contributed by atoms with Crippen LogP contribution in [0.5, 0.6) is 5.75 Å². The SMILES string of the molecule is COc1cccc(-c2nccc([C@@H]3CCCN3C(=O)C3(c4cccc(C)c4)CCOCC3)n2)c1. The number of likely N-dealkylation sites (tertiary alicyclic amines) is 1. The first-order chi connectivity index (χ1) is 16.6. The van der Waals surface area contributed by atoms with Crippen molar-refractivity contribution >= 4 is 5.91 Å². The Kier molecular flexibility index (Phi) is 6.33. The summed E-state index contributed by atoms with van der Waals surface area (Å²) < 4.78 is 11.0. The third-order valence-corrected chi connectivity index (χ3v) is 7.19. The van der Waals surface area contributed by atoms with Crippen LogP contribution in [0.2, 0.25) is 0 Å². The topological polar surface area (TPSA) is 64.5 Å². The highest BCUT2D eigenvalue weighted by Crippen LogP contribution is 2.42. The second-order valence-corrected chi connectivity index (χ2v) is 9.26. The Labute approximate surface area is 201 Å². The largest absolute Gasteiger partial charge is 0.497 e. The zero-order valence-electron chi connectivity index (χ0n) is 19.9. The number of benzene rings is 2. The lowest BCUT2D eigenvalue weighted by Crippen LogP contribution is -2.49. The Morgan fingerprint density at radius 1 is 1.12 bits per heavy atom. The molecular formula is C28H31N3O3. The monoisotopic (exact) mass is 457 g/mol. The first-order valence-electron chi connectivity index (χ1n) is 12.0. The molecule has 176 valence electrons. The fourth-order valence-electron chi connectivity index (χ4n) is 5.34. The Bertz CT molecular complexity index is 1170. The first-order valence-corrected chi connectivity index (χ1v) is 12.0. The standard InChI is InChI=1S/C28H31N3O3/c1-20-6-3-8-22(18-20)28(12-16-34-17-13-28)27(32)31-15-5-10-25(31)24-11-14-29-26(30-24)21-7-4-9-23(19-21)33-2/h3-4,6-9,11,14,18-19,25H,5,10,12-13,15-17H2,1-2H3/t25-/m0/s1. The van der Waals surface area contributed by atoms with Crippen LogP contribution in [0.15, 0.2) is 60.8 Å². The van der Waals surface area contributed by atoms with Crippen LogP contribution in [0.4, 0.5) is 0 Å². The van der Waals surface area contributed by atoms with Gasteiger partial charge in [0.15, 0.2) is 5.82 Å². The number of aromatic nitrogens is 2. The Balaban J connectivity index is 1.48. The van der Waals surface area contributed by atoms with Gasteiger partial charge in [-0.2, -0.15) is 0 Å². The Morgan fingerprint density at radius 3 is 2.74 bits per heavy atom. The van der Waals surface area contributed by atoms with Gasteiger partial charge in [0.2, 0.25) is 5.91 Å². The lowest BCUT2D eigenvalue weighted by molar-refractivity contribution is -0.142. The number of rotatable bonds is 5. The van der Waals surface area contributed by atoms with Crippen molar-refractivity contribution in [1.29, 1.82) is 0 Å². The molecule has 0 bridgehead atoms. The minimum absolute atomic E-state index is 0.0515. The van der Waals surface area contributed by atoms with Crippen molar-refractivity contribution in [3.8, 4) is 17.1 Å². The zero-order valence-corrected chi connectivity index (χ0v) is 19.9. The molecule has 6 heteroatoms. The predicted molar refractivity (Wildman–Crippen MR) is 131 cm³/mol. The number of hydrogen-bond donors (Lipinski definition) is 0. The van der Waals surface area contributed by atoms with E-state index in [1.54, 1.807) is 13.3 Å². The van der Waals surface area contributed by atoms with Crippen molar-refractivity contribution in [1.82, 2.24) is 14.9 Å². The molecule has 2 aromatic carbocycles. The van der Waals surface area contributed by atoms with Crippen molar-refractivity contribution in [3.63, 3.8) is 0 Å². The fraction of sp³-hybridized carbons (Fsp3) is 0.393. The van der Waals surface area contributed by atoms with Crippen LogP contribution in [0.25, 0.3) is 11.4 Å². The lowest BCUT2D eigenvalue weighted by Gasteiger charge is -2.41. The number of nitrogens with zero attached hydrogens (tertiary/aromatic N) is 3. The average Bonchev–Trinajstić information content (AvgIpc) is 3.39. The molecule has 0 radical (unpaired) electrons. The van der Waals surface area contributed by atoms with Crippen LogP contribution in [-0.4, -0.2) is 47.6 Å². The molecule has 1 aromatic heterocycles. The molecule has 2 aliphatic rings. The van der Waals surface area contributed by atoms with Gasteiger partial charge in [0.1, 0.15) is 5.75 Å². The third kappa shape index (κ3) is 4.18. The predicted octanol–water partition coefficient (Wildman–Crippen LogP) is 4.87. The fourth-order valence-corrected chi connectivity index (χ4v) is 5.34. The van der Waals surface area contributed by atoms with E-state index < -0.39 is 5.41 Å². The first kappa shape index (κ1) is 22.5. The summed E-state index contributed by atoms with van der Waals surface area (Å²) in [7, 11) is 1.65. The van der Waals surface area contributed by atoms with Crippen molar-refractivity contribution in [2.24, 2.45) is 0 Å². The highest BCUT2D eigenvalue weighted by Gasteiger charge is 2.47. The molecule has 0 aliphatic carbocycles. The van der Waals surface area contributed by atoms with E-state index in [4.69, 9.17) is 14.5 Å². The Hall–Kier alpha value is -3.25. The highest BCUT2D eigenvalue weighted by molar-refractivity contribution is 5.89. The van der Waals surface area contributed by atoms with E-state index in [1.807, 2.05) is 30.3 Å². The third-order valence-electron chi connectivity index (χ3n) is 7.19. The van der Waals surface area contributed by atoms with Gasteiger partial charge in [0, 0.05) is 31.5 Å². The van der Waals surface area contributed by atoms with Crippen LogP contribution in [0, 0.1) is 6.92 Å². The molecule has 0 N–H and O–H groups in total. The van der Waals surface area contributed by atoms with Crippen molar-refractivity contribution in [2.75, 3.05) is 26.9 Å². The minimum Gasteiger partial charge on any atom is -0.497 e. The van der Waals surface area contributed by atoms with Crippen LogP contribution < -0.4 is 4.74 Å². The molecule has 1 atom stereocenters. The van der Waals surface area contributed by atoms with Gasteiger partial charge in [0.05, 0.1) is 24.3 Å². The van der Waals surface area contributed by atoms with Crippen LogP contribution in [0.3, 0.4) is 0 Å². The van der Waals surface area contributed by atoms with E-state index >= 15 is 0 Å². The summed E-state index contributed by atoms with van der Waals surface area (Å²) in [6.45, 7) is 4.04. The van der Waals surface area contributed by atoms with Gasteiger partial charge >= 0.3 is 0 Å². The number of methoxy groups -OCH3 is 1. The van der Waals surface area contributed by atoms with E-state index in [0.717, 1.165) is 42.0 Å². The average molecular weight is 458 g/mol. The molecular weight excluding hydrogens is 426 g/mol. The molecule has 6 nitrogen and oxygen atoms in total. The maximum atomic E-state index is 14.3. The number of aryl methyl sites for hydroxylation is 1. The quantitative estimate of drug-likeness (QED) is 0.547. The van der Waals surface area contributed by atoms with Crippen molar-refractivity contribution in [2.45, 2.75) is 44.1 Å². The molecule has 2 aliphatic heterocycles. The van der Waals surface area contributed by atoms with Gasteiger partial charge in [0.25, 0.3) is 0 Å². The van der Waals surface area contributed by atoms with Gasteiger partial charge in [-0.25, -0.2) is 9.97 Å². The summed E-state index contributed by atoms with van der Waals surface area (Å²) in [6.07, 6.45) is 5.08. The maximum absolute atomic E-state index is 14.3. The van der Waals surface area contributed by atoms with E-state index in [-0.39, 0.29) is 11.9 Å². The maximum Gasteiger partial charge on any atom is 0.233 e. The molecule has 0 unspecified atom stereocenters. The molecule has 0 spiro atoms. The summed E-state index contributed by atoms with van der Waals surface area (Å²) in [6, 6.07) is 18.1. The van der Waals surface area contributed by atoms with E-state index in [2.05, 4.69) is 41.1 Å². The van der Waals surface area contributed by atoms with Crippen LogP contribution in [0.1, 0.15) is 48.5 Å². The number of hydrogen-bond acceptors (Lipinski definition) is 5. The summed E-state index contributed by atoms with van der Waals surface area (Å²) in [5, 5.41) is 0. The molecule has 5 rings (SSSR count). The second-order valence-electron chi connectivity index (χ2n) is 9.26. The molecule has 2 saturated heterocycles. The smallest absolute Gasteiger partial charge is 0.233 e. The molecule has 3 heterocycles. The van der Waals surface area contributed by atoms with Crippen molar-refractivity contribution in [3.05, 3.63) is 77.6 Å². The van der Waals surface area contributed by atoms with Gasteiger partial charge in [-0.3, -0.25) is 4.79 Å². The number of amides is 1. The van der Waals surface area contributed by atoms with Gasteiger partial charge in [-0.05, 0) is 56.4 Å². The van der Waals surface area contributed by atoms with E-state index in [1.165, 1.54) is 5.56 Å². The Morgan fingerprint density at radius 2 is 1.94 bits per heavy atom. The summed E-state index contributed by atoms with van der Waals surface area (Å²) in [5.74, 6) is 1.62. The van der Waals surface area contributed by atoms with Gasteiger partial charge in [-0.1, -0.05) is 42.0 Å². The van der Waals surface area contributed by atoms with Gasteiger partial charge in [-0.15, -0.1) is 0 Å². The lowest BCUT2D eigenvalue weighted by atomic mass is 9.72. The van der Waals surface area contributed by atoms with Gasteiger partial charge < -0.3 is 14.4 Å².